The van der Waals surface area contributed by atoms with Gasteiger partial charge in [-0.15, -0.1) is 0 Å². The van der Waals surface area contributed by atoms with Crippen LogP contribution in [0.15, 0.2) is 71.6 Å². The van der Waals surface area contributed by atoms with Gasteiger partial charge in [0.25, 0.3) is 10.0 Å². The van der Waals surface area contributed by atoms with Gasteiger partial charge in [0.1, 0.15) is 6.54 Å². The second-order valence-electron chi connectivity index (χ2n) is 7.33. The highest BCUT2D eigenvalue weighted by Crippen LogP contribution is 2.32. The molecule has 0 aliphatic rings. The van der Waals surface area contributed by atoms with Crippen molar-refractivity contribution in [2.75, 3.05) is 39.3 Å². The van der Waals surface area contributed by atoms with E-state index < -0.39 is 22.5 Å². The number of hydrogen-bond donors (Lipinski definition) is 1. The topological polar surface area (TPSA) is 103 Å². The number of carbonyl (C=O) groups is 1. The van der Waals surface area contributed by atoms with Crippen molar-refractivity contribution in [3.63, 3.8) is 0 Å². The molecule has 0 unspecified atom stereocenters. The molecule has 1 N–H and O–H groups in total. The first kappa shape index (κ1) is 25.7. The van der Waals surface area contributed by atoms with Crippen LogP contribution in [0.25, 0.3) is 0 Å². The number of benzene rings is 3. The van der Waals surface area contributed by atoms with E-state index in [2.05, 4.69) is 5.32 Å². The molecule has 3 aromatic carbocycles. The van der Waals surface area contributed by atoms with E-state index in [9.17, 15) is 13.2 Å². The molecule has 0 aliphatic heterocycles. The zero-order valence-corrected chi connectivity index (χ0v) is 20.8. The molecule has 0 fully saturated rings. The van der Waals surface area contributed by atoms with Gasteiger partial charge >= 0.3 is 0 Å². The van der Waals surface area contributed by atoms with E-state index in [-0.39, 0.29) is 17.2 Å². The van der Waals surface area contributed by atoms with Crippen LogP contribution in [0.3, 0.4) is 0 Å². The van der Waals surface area contributed by atoms with Crippen molar-refractivity contribution >= 4 is 21.6 Å². The molecule has 9 nitrogen and oxygen atoms in total. The van der Waals surface area contributed by atoms with Crippen LogP contribution in [-0.2, 0) is 21.4 Å². The Kier molecular flexibility index (Phi) is 8.43. The van der Waals surface area contributed by atoms with Crippen molar-refractivity contribution in [1.82, 2.24) is 5.32 Å². The summed E-state index contributed by atoms with van der Waals surface area (Å²) in [5, 5.41) is 2.77. The summed E-state index contributed by atoms with van der Waals surface area (Å²) in [6.07, 6.45) is 0. The van der Waals surface area contributed by atoms with Crippen LogP contribution in [-0.4, -0.2) is 49.3 Å². The molecule has 0 bridgehead atoms. The summed E-state index contributed by atoms with van der Waals surface area (Å²) in [7, 11) is 1.84. The number of rotatable bonds is 11. The number of methoxy groups -OCH3 is 4. The molecule has 0 saturated heterocycles. The van der Waals surface area contributed by atoms with E-state index in [0.29, 0.717) is 22.9 Å². The molecule has 186 valence electrons. The molecule has 0 heterocycles. The number of nitrogens with zero attached hydrogens (tertiary/aromatic N) is 1. The minimum absolute atomic E-state index is 0.0355. The van der Waals surface area contributed by atoms with Gasteiger partial charge in [-0.1, -0.05) is 24.3 Å². The van der Waals surface area contributed by atoms with E-state index >= 15 is 0 Å². The Bertz CT molecular complexity index is 1260. The Morgan fingerprint density at radius 2 is 1.34 bits per heavy atom. The van der Waals surface area contributed by atoms with E-state index in [1.54, 1.807) is 48.5 Å². The van der Waals surface area contributed by atoms with Crippen LogP contribution < -0.4 is 28.6 Å². The fourth-order valence-electron chi connectivity index (χ4n) is 3.39. The van der Waals surface area contributed by atoms with Crippen molar-refractivity contribution in [3.8, 4) is 23.0 Å². The van der Waals surface area contributed by atoms with Crippen LogP contribution in [0.1, 0.15) is 5.56 Å². The van der Waals surface area contributed by atoms with E-state index in [1.165, 1.54) is 46.6 Å². The third kappa shape index (κ3) is 5.96. The number of para-hydroxylation sites is 1. The van der Waals surface area contributed by atoms with E-state index in [1.807, 2.05) is 0 Å². The summed E-state index contributed by atoms with van der Waals surface area (Å²) in [6.45, 7) is -0.244. The molecule has 0 radical (unpaired) electrons. The van der Waals surface area contributed by atoms with Gasteiger partial charge in [-0.3, -0.25) is 9.10 Å². The van der Waals surface area contributed by atoms with Crippen molar-refractivity contribution in [2.45, 2.75) is 11.4 Å². The molecular formula is C25H28N2O7S. The van der Waals surface area contributed by atoms with Gasteiger partial charge in [0.15, 0.2) is 23.0 Å². The van der Waals surface area contributed by atoms with Crippen molar-refractivity contribution in [2.24, 2.45) is 0 Å². The Morgan fingerprint density at radius 3 is 1.94 bits per heavy atom. The number of sulfonamides is 1. The Hall–Kier alpha value is -3.92. The Labute approximate surface area is 205 Å². The zero-order chi connectivity index (χ0) is 25.4. The number of ether oxygens (including phenoxy) is 4. The normalized spacial score (nSPS) is 10.9. The molecule has 0 atom stereocenters. The second-order valence-corrected chi connectivity index (χ2v) is 9.19. The standard InChI is InChI=1S/C25H28N2O7S/c1-31-21-12-10-18(14-23(21)33-3)16-26-25(28)17-27(19-8-6-5-7-9-19)35(29,30)20-11-13-22(32-2)24(15-20)34-4/h5-15H,16-17H2,1-4H3,(H,26,28). The Balaban J connectivity index is 1.85. The first-order valence-electron chi connectivity index (χ1n) is 10.6. The van der Waals surface area contributed by atoms with Gasteiger partial charge < -0.3 is 24.3 Å². The maximum atomic E-state index is 13.6. The molecule has 0 saturated carbocycles. The summed E-state index contributed by atoms with van der Waals surface area (Å²) < 4.78 is 49.2. The van der Waals surface area contributed by atoms with Gasteiger partial charge in [-0.25, -0.2) is 8.42 Å². The molecule has 0 aliphatic carbocycles. The first-order valence-corrected chi connectivity index (χ1v) is 12.1. The Morgan fingerprint density at radius 1 is 0.771 bits per heavy atom. The molecule has 10 heteroatoms. The maximum Gasteiger partial charge on any atom is 0.264 e. The van der Waals surface area contributed by atoms with Gasteiger partial charge in [0.2, 0.25) is 5.91 Å². The predicted octanol–water partition coefficient (Wildman–Crippen LogP) is 3.23. The fourth-order valence-corrected chi connectivity index (χ4v) is 4.83. The van der Waals surface area contributed by atoms with Crippen LogP contribution in [0.2, 0.25) is 0 Å². The third-order valence-corrected chi connectivity index (χ3v) is 6.98. The zero-order valence-electron chi connectivity index (χ0n) is 20.0. The summed E-state index contributed by atoms with van der Waals surface area (Å²) in [4.78, 5) is 12.8. The monoisotopic (exact) mass is 500 g/mol. The summed E-state index contributed by atoms with van der Waals surface area (Å²) >= 11 is 0. The third-order valence-electron chi connectivity index (χ3n) is 5.21. The highest BCUT2D eigenvalue weighted by molar-refractivity contribution is 7.92. The number of anilines is 1. The lowest BCUT2D eigenvalue weighted by molar-refractivity contribution is -0.119. The average Bonchev–Trinajstić information content (AvgIpc) is 2.90. The minimum atomic E-state index is -4.11. The van der Waals surface area contributed by atoms with Crippen LogP contribution in [0, 0.1) is 0 Å². The van der Waals surface area contributed by atoms with Crippen molar-refractivity contribution < 1.29 is 32.2 Å². The second kappa shape index (κ2) is 11.5. The maximum absolute atomic E-state index is 13.6. The van der Waals surface area contributed by atoms with Crippen LogP contribution in [0.5, 0.6) is 23.0 Å². The van der Waals surface area contributed by atoms with Gasteiger partial charge in [0, 0.05) is 12.6 Å². The fraction of sp³-hybridized carbons (Fsp3) is 0.240. The summed E-state index contributed by atoms with van der Waals surface area (Å²) in [5.41, 5.74) is 1.12. The SMILES string of the molecule is COc1ccc(CNC(=O)CN(c2ccccc2)S(=O)(=O)c2ccc(OC)c(OC)c2)cc1OC. The molecular weight excluding hydrogens is 472 g/mol. The number of amides is 1. The lowest BCUT2D eigenvalue weighted by Crippen LogP contribution is -2.40. The van der Waals surface area contributed by atoms with E-state index in [4.69, 9.17) is 18.9 Å². The highest BCUT2D eigenvalue weighted by atomic mass is 32.2. The van der Waals surface area contributed by atoms with Crippen molar-refractivity contribution in [3.05, 3.63) is 72.3 Å². The molecule has 1 amide bonds. The van der Waals surface area contributed by atoms with Crippen LogP contribution >= 0.6 is 0 Å². The predicted molar refractivity (Wildman–Crippen MR) is 132 cm³/mol. The lowest BCUT2D eigenvalue weighted by Gasteiger charge is -2.24. The molecule has 3 aromatic rings. The smallest absolute Gasteiger partial charge is 0.264 e. The van der Waals surface area contributed by atoms with E-state index in [0.717, 1.165) is 9.87 Å². The largest absolute Gasteiger partial charge is 0.493 e. The molecule has 3 rings (SSSR count). The quantitative estimate of drug-likeness (QED) is 0.431. The lowest BCUT2D eigenvalue weighted by atomic mass is 10.2. The van der Waals surface area contributed by atoms with Crippen LogP contribution in [0.4, 0.5) is 5.69 Å². The van der Waals surface area contributed by atoms with Gasteiger partial charge in [0.05, 0.1) is 39.0 Å². The number of nitrogens with one attached hydrogen (secondary N) is 1. The molecule has 0 spiro atoms. The van der Waals surface area contributed by atoms with Gasteiger partial charge in [-0.05, 0) is 42.0 Å². The van der Waals surface area contributed by atoms with Crippen molar-refractivity contribution in [1.29, 1.82) is 0 Å². The summed E-state index contributed by atoms with van der Waals surface area (Å²) in [6, 6.07) is 18.0. The van der Waals surface area contributed by atoms with Gasteiger partial charge in [-0.2, -0.15) is 0 Å². The average molecular weight is 501 g/mol. The summed E-state index contributed by atoms with van der Waals surface area (Å²) in [5.74, 6) is 1.28. The number of hydrogen-bond acceptors (Lipinski definition) is 7. The minimum Gasteiger partial charge on any atom is -0.493 e. The molecule has 0 aromatic heterocycles. The molecule has 35 heavy (non-hydrogen) atoms. The highest BCUT2D eigenvalue weighted by Gasteiger charge is 2.28. The number of carbonyl (C=O) groups excluding carboxylic acids is 1. The first-order chi connectivity index (χ1) is 16.8.